The number of alkyl halides is 3. The number of hydrogen-bond donors (Lipinski definition) is 1. The summed E-state index contributed by atoms with van der Waals surface area (Å²) in [6.45, 7) is -0.362. The molecule has 1 fully saturated rings. The number of aryl methyl sites for hydroxylation is 1. The Labute approximate surface area is 192 Å². The van der Waals surface area contributed by atoms with Crippen LogP contribution in [0.5, 0.6) is 0 Å². The number of amides is 1. The van der Waals surface area contributed by atoms with Crippen LogP contribution in [0, 0.1) is 11.2 Å². The van der Waals surface area contributed by atoms with E-state index < -0.39 is 40.8 Å². The van der Waals surface area contributed by atoms with Crippen LogP contribution < -0.4 is 4.90 Å². The number of carbonyl (C=O) groups excluding carboxylic acids is 2. The van der Waals surface area contributed by atoms with Crippen molar-refractivity contribution in [1.82, 2.24) is 0 Å². The number of aliphatic hydroxyl groups excluding tert-OH is 1. The molecule has 2 aromatic rings. The van der Waals surface area contributed by atoms with Crippen LogP contribution in [0.15, 0.2) is 54.1 Å². The van der Waals surface area contributed by atoms with E-state index in [0.29, 0.717) is 17.6 Å². The number of hydrogen-bond acceptors (Lipinski definition) is 3. The maximum atomic E-state index is 14.6. The molecule has 0 radical (unpaired) electrons. The average Bonchev–Trinajstić information content (AvgIpc) is 2.82. The van der Waals surface area contributed by atoms with Crippen LogP contribution in [0.3, 0.4) is 0 Å². The van der Waals surface area contributed by atoms with Gasteiger partial charge < -0.3 is 10.0 Å². The van der Waals surface area contributed by atoms with Gasteiger partial charge in [-0.2, -0.15) is 13.2 Å². The summed E-state index contributed by atoms with van der Waals surface area (Å²) in [6.07, 6.45) is -3.10. The number of halogens is 5. The Bertz CT molecular complexity index is 1120. The number of carbonyl (C=O) groups is 2. The number of rotatable bonds is 4. The second-order valence-electron chi connectivity index (χ2n) is 8.46. The first kappa shape index (κ1) is 23.4. The Morgan fingerprint density at radius 1 is 1.06 bits per heavy atom. The Balaban J connectivity index is 1.61. The van der Waals surface area contributed by atoms with E-state index in [1.807, 2.05) is 0 Å². The highest BCUT2D eigenvalue weighted by Crippen LogP contribution is 2.51. The molecule has 9 heteroatoms. The molecule has 1 aliphatic carbocycles. The molecule has 0 saturated heterocycles. The van der Waals surface area contributed by atoms with Gasteiger partial charge in [0, 0.05) is 5.02 Å². The lowest BCUT2D eigenvalue weighted by atomic mass is 9.60. The molecule has 1 N–H and O–H groups in total. The van der Waals surface area contributed by atoms with Crippen LogP contribution in [-0.2, 0) is 22.2 Å². The highest BCUT2D eigenvalue weighted by Gasteiger charge is 2.55. The Kier molecular flexibility index (Phi) is 6.09. The summed E-state index contributed by atoms with van der Waals surface area (Å²) >= 11 is 5.81. The molecule has 1 amide bonds. The predicted octanol–water partition coefficient (Wildman–Crippen LogP) is 5.11. The first-order valence-electron chi connectivity index (χ1n) is 10.3. The number of anilines is 1. The van der Waals surface area contributed by atoms with E-state index in [-0.39, 0.29) is 36.5 Å². The Morgan fingerprint density at radius 3 is 2.30 bits per heavy atom. The van der Waals surface area contributed by atoms with E-state index in [2.05, 4.69) is 0 Å². The van der Waals surface area contributed by atoms with Gasteiger partial charge in [0.25, 0.3) is 0 Å². The molecule has 0 unspecified atom stereocenters. The maximum absolute atomic E-state index is 14.6. The summed E-state index contributed by atoms with van der Waals surface area (Å²) in [4.78, 5) is 27.3. The van der Waals surface area contributed by atoms with Crippen LogP contribution in [0.2, 0.25) is 5.02 Å². The molecule has 33 heavy (non-hydrogen) atoms. The van der Waals surface area contributed by atoms with Crippen molar-refractivity contribution >= 4 is 29.0 Å². The zero-order valence-electron chi connectivity index (χ0n) is 17.3. The van der Waals surface area contributed by atoms with Crippen LogP contribution in [0.4, 0.5) is 23.2 Å². The molecule has 4 nitrogen and oxygen atoms in total. The third-order valence-corrected chi connectivity index (χ3v) is 6.49. The van der Waals surface area contributed by atoms with Crippen molar-refractivity contribution in [2.75, 3.05) is 11.4 Å². The minimum atomic E-state index is -4.44. The zero-order valence-corrected chi connectivity index (χ0v) is 18.1. The highest BCUT2D eigenvalue weighted by molar-refractivity contribution is 6.30. The molecular formula is C24H20ClF4NO3. The fourth-order valence-electron chi connectivity index (χ4n) is 4.53. The van der Waals surface area contributed by atoms with Gasteiger partial charge in [0.15, 0.2) is 5.78 Å². The summed E-state index contributed by atoms with van der Waals surface area (Å²) in [7, 11) is 0. The van der Waals surface area contributed by atoms with Crippen LogP contribution in [0.1, 0.15) is 30.4 Å². The van der Waals surface area contributed by atoms with Crippen molar-refractivity contribution < 1.29 is 32.3 Å². The molecular weight excluding hydrogens is 462 g/mol. The molecule has 1 saturated carbocycles. The summed E-state index contributed by atoms with van der Waals surface area (Å²) in [6, 6.07) is 8.51. The number of benzene rings is 2. The van der Waals surface area contributed by atoms with E-state index in [4.69, 9.17) is 11.6 Å². The lowest BCUT2D eigenvalue weighted by Gasteiger charge is -2.47. The minimum absolute atomic E-state index is 0.0732. The third-order valence-electron chi connectivity index (χ3n) is 6.25. The zero-order chi connectivity index (χ0) is 24.0. The van der Waals surface area contributed by atoms with Gasteiger partial charge in [-0.15, -0.1) is 0 Å². The lowest BCUT2D eigenvalue weighted by molar-refractivity contribution is -0.138. The summed E-state index contributed by atoms with van der Waals surface area (Å²) in [5, 5.41) is 10.2. The Hall–Kier alpha value is -2.71. The van der Waals surface area contributed by atoms with Crippen molar-refractivity contribution in [2.45, 2.75) is 38.0 Å². The lowest BCUT2D eigenvalue weighted by Crippen LogP contribution is -2.54. The standard InChI is InChI=1S/C24H20ClF4NO3/c25-17-7-8-21(20(26)10-17)30-13-18(31)9-16(23(22(30)33)11-19(32)12-23)6-3-14-1-4-15(5-2-14)24(27,28)29/h1-2,4-5,7-10,19,32H,3,6,11-13H2. The second kappa shape index (κ2) is 8.57. The van der Waals surface area contributed by atoms with Crippen LogP contribution in [-0.4, -0.2) is 29.4 Å². The van der Waals surface area contributed by atoms with Crippen molar-refractivity contribution in [1.29, 1.82) is 0 Å². The summed E-state index contributed by atoms with van der Waals surface area (Å²) in [5.41, 5.74) is -0.882. The minimum Gasteiger partial charge on any atom is -0.393 e. The van der Waals surface area contributed by atoms with E-state index in [1.165, 1.54) is 30.3 Å². The molecule has 0 bridgehead atoms. The van der Waals surface area contributed by atoms with E-state index >= 15 is 0 Å². The van der Waals surface area contributed by atoms with Crippen molar-refractivity contribution in [3.05, 3.63) is 76.1 Å². The average molecular weight is 482 g/mol. The molecule has 1 aliphatic heterocycles. The van der Waals surface area contributed by atoms with Gasteiger partial charge in [-0.25, -0.2) is 4.39 Å². The molecule has 0 aromatic heterocycles. The largest absolute Gasteiger partial charge is 0.416 e. The van der Waals surface area contributed by atoms with Gasteiger partial charge in [-0.1, -0.05) is 29.3 Å². The van der Waals surface area contributed by atoms with Crippen molar-refractivity contribution in [2.24, 2.45) is 5.41 Å². The van der Waals surface area contributed by atoms with Crippen LogP contribution >= 0.6 is 11.6 Å². The molecule has 1 spiro atoms. The maximum Gasteiger partial charge on any atom is 0.416 e. The third kappa shape index (κ3) is 4.54. The van der Waals surface area contributed by atoms with Crippen molar-refractivity contribution in [3.63, 3.8) is 0 Å². The van der Waals surface area contributed by atoms with E-state index in [9.17, 15) is 32.3 Å². The van der Waals surface area contributed by atoms with Crippen LogP contribution in [0.25, 0.3) is 0 Å². The molecule has 174 valence electrons. The molecule has 2 aliphatic rings. The first-order chi connectivity index (χ1) is 15.5. The first-order valence-corrected chi connectivity index (χ1v) is 10.7. The topological polar surface area (TPSA) is 57.6 Å². The fourth-order valence-corrected chi connectivity index (χ4v) is 4.69. The molecule has 2 aromatic carbocycles. The summed E-state index contributed by atoms with van der Waals surface area (Å²) < 4.78 is 53.0. The van der Waals surface area contributed by atoms with Gasteiger partial charge >= 0.3 is 6.18 Å². The second-order valence-corrected chi connectivity index (χ2v) is 8.90. The number of aliphatic hydroxyl groups is 1. The van der Waals surface area contributed by atoms with Gasteiger partial charge in [-0.3, -0.25) is 9.59 Å². The molecule has 4 rings (SSSR count). The molecule has 1 heterocycles. The van der Waals surface area contributed by atoms with Gasteiger partial charge in [-0.05, 0) is 67.7 Å². The monoisotopic (exact) mass is 481 g/mol. The highest BCUT2D eigenvalue weighted by atomic mass is 35.5. The van der Waals surface area contributed by atoms with Gasteiger partial charge in [0.2, 0.25) is 5.91 Å². The number of ketones is 1. The van der Waals surface area contributed by atoms with E-state index in [1.54, 1.807) is 0 Å². The smallest absolute Gasteiger partial charge is 0.393 e. The SMILES string of the molecule is O=C1C=C(CCc2ccc(C(F)(F)F)cc2)C2(CC(O)C2)C(=O)N(c2ccc(Cl)cc2F)C1. The Morgan fingerprint density at radius 2 is 1.73 bits per heavy atom. The quantitative estimate of drug-likeness (QED) is 0.617. The van der Waals surface area contributed by atoms with Gasteiger partial charge in [0.05, 0.1) is 29.3 Å². The molecule has 0 atom stereocenters. The van der Waals surface area contributed by atoms with Crippen molar-refractivity contribution in [3.8, 4) is 0 Å². The fraction of sp³-hybridized carbons (Fsp3) is 0.333. The normalized spacial score (nSPS) is 23.4. The summed E-state index contributed by atoms with van der Waals surface area (Å²) in [5.74, 6) is -1.64. The van der Waals surface area contributed by atoms with Gasteiger partial charge in [0.1, 0.15) is 5.82 Å². The van der Waals surface area contributed by atoms with E-state index in [0.717, 1.165) is 23.1 Å². The number of nitrogens with zero attached hydrogens (tertiary/aromatic N) is 1. The predicted molar refractivity (Wildman–Crippen MR) is 114 cm³/mol.